The zero-order chi connectivity index (χ0) is 7.68. The predicted molar refractivity (Wildman–Crippen MR) is 47.2 cm³/mol. The third-order valence-electron chi connectivity index (χ3n) is 1.46. The van der Waals surface area contributed by atoms with Crippen LogP contribution in [0.25, 0.3) is 11.0 Å². The van der Waals surface area contributed by atoms with Crippen molar-refractivity contribution in [3.8, 4) is 0 Å². The fraction of sp³-hybridized carbons (Fsp3) is 0. The molecule has 0 saturated carbocycles. The van der Waals surface area contributed by atoms with Crippen molar-refractivity contribution in [1.29, 1.82) is 0 Å². The highest BCUT2D eigenvalue weighted by atomic mass is 79.9. The summed E-state index contributed by atoms with van der Waals surface area (Å²) in [6.07, 6.45) is 3.47. The Morgan fingerprint density at radius 2 is 1.91 bits per heavy atom. The topological polar surface area (TPSA) is 25.8 Å². The lowest BCUT2D eigenvalue weighted by Crippen LogP contribution is -1.81. The number of pyridine rings is 2. The molecule has 2 aromatic heterocycles. The molecule has 0 aliphatic rings. The molecule has 0 radical (unpaired) electrons. The molecule has 0 unspecified atom stereocenters. The van der Waals surface area contributed by atoms with E-state index in [9.17, 15) is 0 Å². The van der Waals surface area contributed by atoms with Crippen molar-refractivity contribution in [2.24, 2.45) is 0 Å². The minimum Gasteiger partial charge on any atom is -0.237 e. The van der Waals surface area contributed by atoms with Gasteiger partial charge in [0.15, 0.2) is 5.65 Å². The van der Waals surface area contributed by atoms with Crippen LogP contribution in [0.4, 0.5) is 0 Å². The summed E-state index contributed by atoms with van der Waals surface area (Å²) in [7, 11) is 0. The van der Waals surface area contributed by atoms with E-state index in [1.165, 1.54) is 0 Å². The van der Waals surface area contributed by atoms with Crippen LogP contribution in [0.15, 0.2) is 35.1 Å². The normalized spacial score (nSPS) is 10.3. The fourth-order valence-corrected chi connectivity index (χ4v) is 1.38. The van der Waals surface area contributed by atoms with Crippen molar-refractivity contribution in [2.45, 2.75) is 0 Å². The lowest BCUT2D eigenvalue weighted by Gasteiger charge is -1.95. The van der Waals surface area contributed by atoms with Gasteiger partial charge < -0.3 is 0 Å². The largest absolute Gasteiger partial charge is 0.237 e. The van der Waals surface area contributed by atoms with Crippen LogP contribution in [0.5, 0.6) is 0 Å². The summed E-state index contributed by atoms with van der Waals surface area (Å²) < 4.78 is 1.04. The van der Waals surface area contributed by atoms with Crippen LogP contribution in [0, 0.1) is 0 Å². The van der Waals surface area contributed by atoms with Crippen molar-refractivity contribution in [2.75, 3.05) is 0 Å². The lowest BCUT2D eigenvalue weighted by molar-refractivity contribution is 1.28. The van der Waals surface area contributed by atoms with Crippen LogP contribution in [0.1, 0.15) is 0 Å². The third-order valence-corrected chi connectivity index (χ3v) is 2.15. The van der Waals surface area contributed by atoms with Crippen molar-refractivity contribution < 1.29 is 0 Å². The Morgan fingerprint density at radius 1 is 1.09 bits per heavy atom. The Hall–Kier alpha value is -0.960. The summed E-state index contributed by atoms with van der Waals surface area (Å²) in [6, 6.07) is 5.79. The number of hydrogen-bond acceptors (Lipinski definition) is 2. The molecule has 0 aromatic carbocycles. The Labute approximate surface area is 72.4 Å². The maximum Gasteiger partial charge on any atom is 0.160 e. The molecule has 3 heteroatoms. The molecule has 2 nitrogen and oxygen atoms in total. The average Bonchev–Trinajstić information content (AvgIpc) is 2.06. The van der Waals surface area contributed by atoms with Crippen LogP contribution in [-0.4, -0.2) is 9.97 Å². The van der Waals surface area contributed by atoms with Crippen LogP contribution in [-0.2, 0) is 0 Å². The third kappa shape index (κ3) is 1.12. The van der Waals surface area contributed by atoms with Crippen molar-refractivity contribution in [3.05, 3.63) is 35.1 Å². The maximum absolute atomic E-state index is 4.10. The Balaban J connectivity index is 2.91. The summed E-state index contributed by atoms with van der Waals surface area (Å²) in [5.41, 5.74) is 0.780. The van der Waals surface area contributed by atoms with Gasteiger partial charge in [-0.15, -0.1) is 0 Å². The van der Waals surface area contributed by atoms with E-state index in [0.29, 0.717) is 0 Å². The molecule has 11 heavy (non-hydrogen) atoms. The summed E-state index contributed by atoms with van der Waals surface area (Å²) in [4.78, 5) is 8.20. The zero-order valence-electron chi connectivity index (χ0n) is 5.66. The van der Waals surface area contributed by atoms with E-state index in [2.05, 4.69) is 25.9 Å². The van der Waals surface area contributed by atoms with Gasteiger partial charge in [-0.3, -0.25) is 0 Å². The highest BCUT2D eigenvalue weighted by molar-refractivity contribution is 9.10. The molecule has 0 N–H and O–H groups in total. The molecule has 0 bridgehead atoms. The van der Waals surface area contributed by atoms with E-state index < -0.39 is 0 Å². The van der Waals surface area contributed by atoms with Gasteiger partial charge in [0.05, 0.1) is 0 Å². The Bertz CT molecular complexity index is 381. The van der Waals surface area contributed by atoms with E-state index in [0.717, 1.165) is 15.5 Å². The SMILES string of the molecule is Brc1ccnc2ncccc12. The molecule has 0 spiro atoms. The van der Waals surface area contributed by atoms with Crippen LogP contribution >= 0.6 is 15.9 Å². The molecule has 2 rings (SSSR count). The summed E-state index contributed by atoms with van der Waals surface area (Å²) in [6.45, 7) is 0. The van der Waals surface area contributed by atoms with Crippen molar-refractivity contribution >= 4 is 27.0 Å². The first-order valence-corrected chi connectivity index (χ1v) is 4.02. The van der Waals surface area contributed by atoms with E-state index in [1.54, 1.807) is 12.4 Å². The number of fused-ring (bicyclic) bond motifs is 1. The monoisotopic (exact) mass is 208 g/mol. The van der Waals surface area contributed by atoms with Crippen LogP contribution in [0.3, 0.4) is 0 Å². The second kappa shape index (κ2) is 2.58. The van der Waals surface area contributed by atoms with Gasteiger partial charge in [0.1, 0.15) is 0 Å². The number of hydrogen-bond donors (Lipinski definition) is 0. The van der Waals surface area contributed by atoms with E-state index in [-0.39, 0.29) is 0 Å². The molecule has 2 aromatic rings. The first-order chi connectivity index (χ1) is 5.38. The molecular formula is C8H5BrN2. The maximum atomic E-state index is 4.10. The van der Waals surface area contributed by atoms with Gasteiger partial charge in [0.25, 0.3) is 0 Å². The Morgan fingerprint density at radius 3 is 2.73 bits per heavy atom. The van der Waals surface area contributed by atoms with Gasteiger partial charge in [-0.05, 0) is 34.1 Å². The minimum absolute atomic E-state index is 0.780. The molecule has 0 aliphatic carbocycles. The van der Waals surface area contributed by atoms with Gasteiger partial charge in [-0.1, -0.05) is 0 Å². The predicted octanol–water partition coefficient (Wildman–Crippen LogP) is 2.39. The first kappa shape index (κ1) is 6.73. The van der Waals surface area contributed by atoms with Crippen LogP contribution < -0.4 is 0 Å². The Kier molecular flexibility index (Phi) is 1.58. The van der Waals surface area contributed by atoms with E-state index in [4.69, 9.17) is 0 Å². The van der Waals surface area contributed by atoms with Gasteiger partial charge >= 0.3 is 0 Å². The van der Waals surface area contributed by atoms with Gasteiger partial charge in [0, 0.05) is 22.3 Å². The molecule has 0 saturated heterocycles. The summed E-state index contributed by atoms with van der Waals surface area (Å²) >= 11 is 3.42. The number of nitrogens with zero attached hydrogens (tertiary/aromatic N) is 2. The second-order valence-electron chi connectivity index (χ2n) is 2.17. The molecule has 0 amide bonds. The molecular weight excluding hydrogens is 204 g/mol. The average molecular weight is 209 g/mol. The number of rotatable bonds is 0. The lowest BCUT2D eigenvalue weighted by atomic mass is 10.3. The molecule has 54 valence electrons. The molecule has 2 heterocycles. The van der Waals surface area contributed by atoms with Gasteiger partial charge in [-0.2, -0.15) is 0 Å². The van der Waals surface area contributed by atoms with Gasteiger partial charge in [-0.25, -0.2) is 9.97 Å². The summed E-state index contributed by atoms with van der Waals surface area (Å²) in [5.74, 6) is 0. The molecule has 0 aliphatic heterocycles. The highest BCUT2D eigenvalue weighted by Gasteiger charge is 1.96. The number of halogens is 1. The summed E-state index contributed by atoms with van der Waals surface area (Å²) in [5, 5.41) is 1.05. The standard InChI is InChI=1S/C8H5BrN2/c9-7-3-5-11-8-6(7)2-1-4-10-8/h1-5H. The fourth-order valence-electron chi connectivity index (χ4n) is 0.949. The van der Waals surface area contributed by atoms with Gasteiger partial charge in [0.2, 0.25) is 0 Å². The number of aromatic nitrogens is 2. The highest BCUT2D eigenvalue weighted by Crippen LogP contribution is 2.19. The van der Waals surface area contributed by atoms with Crippen molar-refractivity contribution in [1.82, 2.24) is 9.97 Å². The smallest absolute Gasteiger partial charge is 0.160 e. The van der Waals surface area contributed by atoms with E-state index >= 15 is 0 Å². The van der Waals surface area contributed by atoms with Crippen molar-refractivity contribution in [3.63, 3.8) is 0 Å². The molecule has 0 atom stereocenters. The second-order valence-corrected chi connectivity index (χ2v) is 3.02. The molecule has 0 fully saturated rings. The quantitative estimate of drug-likeness (QED) is 0.665. The first-order valence-electron chi connectivity index (χ1n) is 3.23. The van der Waals surface area contributed by atoms with Crippen LogP contribution in [0.2, 0.25) is 0 Å². The minimum atomic E-state index is 0.780. The van der Waals surface area contributed by atoms with E-state index in [1.807, 2.05) is 18.2 Å². The zero-order valence-corrected chi connectivity index (χ0v) is 7.25.